The molecule has 0 amide bonds. The predicted molar refractivity (Wildman–Crippen MR) is 77.6 cm³/mol. The van der Waals surface area contributed by atoms with Gasteiger partial charge < -0.3 is 5.21 Å². The summed E-state index contributed by atoms with van der Waals surface area (Å²) >= 11 is 1.45. The van der Waals surface area contributed by atoms with Crippen molar-refractivity contribution in [1.29, 1.82) is 0 Å². The van der Waals surface area contributed by atoms with Crippen molar-refractivity contribution in [2.75, 3.05) is 0 Å². The van der Waals surface area contributed by atoms with E-state index in [0.29, 0.717) is 5.69 Å². The molecule has 0 spiro atoms. The minimum Gasteiger partial charge on any atom is -0.409 e. The van der Waals surface area contributed by atoms with Crippen LogP contribution in [0.5, 0.6) is 0 Å². The summed E-state index contributed by atoms with van der Waals surface area (Å²) in [7, 11) is 1.65. The van der Waals surface area contributed by atoms with Crippen molar-refractivity contribution in [1.82, 2.24) is 9.55 Å². The van der Waals surface area contributed by atoms with E-state index in [1.165, 1.54) is 15.9 Å². The van der Waals surface area contributed by atoms with Gasteiger partial charge in [-0.1, -0.05) is 35.5 Å². The number of nitrogens with zero attached hydrogens (tertiary/aromatic N) is 3. The van der Waals surface area contributed by atoms with E-state index in [9.17, 15) is 4.79 Å². The highest BCUT2D eigenvalue weighted by molar-refractivity contribution is 7.16. The summed E-state index contributed by atoms with van der Waals surface area (Å²) in [6, 6.07) is 11.4. The highest BCUT2D eigenvalue weighted by Crippen LogP contribution is 2.27. The molecule has 0 saturated heterocycles. The number of hydrogen-bond acceptors (Lipinski definition) is 5. The van der Waals surface area contributed by atoms with Gasteiger partial charge in [-0.2, -0.15) is 0 Å². The summed E-state index contributed by atoms with van der Waals surface area (Å²) in [5.74, 6) is 0. The third-order valence-electron chi connectivity index (χ3n) is 3.06. The second kappa shape index (κ2) is 4.90. The summed E-state index contributed by atoms with van der Waals surface area (Å²) in [6.07, 6.45) is 0. The van der Waals surface area contributed by atoms with Crippen LogP contribution in [0.4, 0.5) is 0 Å². The van der Waals surface area contributed by atoms with Gasteiger partial charge in [-0.25, -0.2) is 4.98 Å². The van der Waals surface area contributed by atoms with Crippen molar-refractivity contribution in [3.8, 4) is 11.3 Å². The zero-order valence-electron chi connectivity index (χ0n) is 10.6. The van der Waals surface area contributed by atoms with Crippen LogP contribution < -0.4 is 11.0 Å². The van der Waals surface area contributed by atoms with Crippen molar-refractivity contribution in [2.45, 2.75) is 0 Å². The minimum atomic E-state index is -0.429. The molecule has 0 aliphatic carbocycles. The summed E-state index contributed by atoms with van der Waals surface area (Å²) < 4.78 is 1.45. The van der Waals surface area contributed by atoms with Crippen molar-refractivity contribution >= 4 is 21.6 Å². The monoisotopic (exact) mass is 285 g/mol. The Balaban J connectivity index is 2.57. The first-order valence-corrected chi connectivity index (χ1v) is 6.82. The van der Waals surface area contributed by atoms with Crippen molar-refractivity contribution < 1.29 is 5.21 Å². The fraction of sp³-hybridized carbons (Fsp3) is 0.0714. The first-order chi connectivity index (χ1) is 9.72. The van der Waals surface area contributed by atoms with Gasteiger partial charge in [0.2, 0.25) is 0 Å². The van der Waals surface area contributed by atoms with Gasteiger partial charge in [-0.05, 0) is 11.4 Å². The normalized spacial score (nSPS) is 11.9. The van der Waals surface area contributed by atoms with Crippen LogP contribution in [0.3, 0.4) is 0 Å². The zero-order valence-corrected chi connectivity index (χ0v) is 11.5. The molecule has 1 N–H and O–H groups in total. The Morgan fingerprint density at radius 3 is 2.70 bits per heavy atom. The molecule has 0 fully saturated rings. The summed E-state index contributed by atoms with van der Waals surface area (Å²) in [5.41, 5.74) is 0.862. The molecule has 0 saturated carbocycles. The first-order valence-electron chi connectivity index (χ1n) is 5.94. The van der Waals surface area contributed by atoms with Crippen LogP contribution in [0.15, 0.2) is 51.7 Å². The fourth-order valence-electron chi connectivity index (χ4n) is 2.08. The molecule has 3 rings (SSSR count). The third-order valence-corrected chi connectivity index (χ3v) is 4.05. The average Bonchev–Trinajstić information content (AvgIpc) is 2.94. The number of fused-ring (bicyclic) bond motifs is 1. The maximum absolute atomic E-state index is 12.1. The smallest absolute Gasteiger partial charge is 0.299 e. The van der Waals surface area contributed by atoms with Crippen LogP contribution >= 0.6 is 11.3 Å². The fourth-order valence-corrected chi connectivity index (χ4v) is 2.94. The molecule has 2 heterocycles. The predicted octanol–water partition coefficient (Wildman–Crippen LogP) is 1.95. The van der Waals surface area contributed by atoms with Crippen LogP contribution in [0, 0.1) is 0 Å². The molecule has 0 radical (unpaired) electrons. The molecule has 0 bridgehead atoms. The molecular weight excluding hydrogens is 274 g/mol. The van der Waals surface area contributed by atoms with Gasteiger partial charge in [0.25, 0.3) is 11.0 Å². The van der Waals surface area contributed by atoms with Gasteiger partial charge in [-0.3, -0.25) is 9.36 Å². The Labute approximate surface area is 118 Å². The summed E-state index contributed by atoms with van der Waals surface area (Å²) in [4.78, 5) is 17.2. The van der Waals surface area contributed by atoms with Crippen LogP contribution in [0.2, 0.25) is 0 Å². The van der Waals surface area contributed by atoms with E-state index >= 15 is 0 Å². The lowest BCUT2D eigenvalue weighted by atomic mass is 10.1. The number of aromatic nitrogens is 2. The Bertz CT molecular complexity index is 898. The van der Waals surface area contributed by atoms with E-state index in [-0.39, 0.29) is 5.49 Å². The molecule has 0 unspecified atom stereocenters. The van der Waals surface area contributed by atoms with E-state index in [1.54, 1.807) is 7.05 Å². The Morgan fingerprint density at radius 1 is 1.25 bits per heavy atom. The molecule has 3 aromatic rings. The second-order valence-electron chi connectivity index (χ2n) is 4.25. The minimum absolute atomic E-state index is 0.213. The maximum Gasteiger partial charge on any atom is 0.299 e. The van der Waals surface area contributed by atoms with Gasteiger partial charge >= 0.3 is 0 Å². The van der Waals surface area contributed by atoms with Gasteiger partial charge in [0.1, 0.15) is 4.83 Å². The van der Waals surface area contributed by atoms with Crippen molar-refractivity contribution in [3.05, 3.63) is 57.6 Å². The standard InChI is InChI=1S/C14H11N3O2S/c1-17-13(18)12(16-19)15-11(9-5-3-2-4-6-9)10-7-8-20-14(10)17/h2-8,19H,1H3. The quantitative estimate of drug-likeness (QED) is 0.549. The maximum atomic E-state index is 12.1. The molecule has 5 nitrogen and oxygen atoms in total. The molecule has 1 aromatic carbocycles. The van der Waals surface area contributed by atoms with Gasteiger partial charge in [0.15, 0.2) is 0 Å². The Hall–Kier alpha value is -2.47. The molecule has 6 heteroatoms. The number of rotatable bonds is 1. The van der Waals surface area contributed by atoms with Crippen LogP contribution in [0.1, 0.15) is 0 Å². The second-order valence-corrected chi connectivity index (χ2v) is 5.15. The van der Waals surface area contributed by atoms with Crippen molar-refractivity contribution in [3.63, 3.8) is 0 Å². The molecule has 100 valence electrons. The number of thiophene rings is 1. The first kappa shape index (κ1) is 12.6. The average molecular weight is 285 g/mol. The number of benzene rings is 1. The van der Waals surface area contributed by atoms with Crippen LogP contribution in [-0.2, 0) is 7.05 Å². The van der Waals surface area contributed by atoms with E-state index in [4.69, 9.17) is 5.21 Å². The number of hydrogen-bond donors (Lipinski definition) is 1. The van der Waals surface area contributed by atoms with Crippen LogP contribution in [-0.4, -0.2) is 14.8 Å². The lowest BCUT2D eigenvalue weighted by molar-refractivity contribution is 0.297. The lowest BCUT2D eigenvalue weighted by Gasteiger charge is -1.98. The molecular formula is C14H11N3O2S. The SMILES string of the molecule is Cn1c(=O)c(=NO)nc(-c2ccccc2)c2ccsc21. The molecule has 0 atom stereocenters. The van der Waals surface area contributed by atoms with E-state index in [2.05, 4.69) is 10.1 Å². The van der Waals surface area contributed by atoms with Gasteiger partial charge in [0.05, 0.1) is 5.69 Å². The largest absolute Gasteiger partial charge is 0.409 e. The Morgan fingerprint density at radius 2 is 2.00 bits per heavy atom. The van der Waals surface area contributed by atoms with Gasteiger partial charge in [-0.15, -0.1) is 11.3 Å². The van der Waals surface area contributed by atoms with Crippen molar-refractivity contribution in [2.24, 2.45) is 12.2 Å². The number of aryl methyl sites for hydroxylation is 1. The lowest BCUT2D eigenvalue weighted by Crippen LogP contribution is -2.32. The van der Waals surface area contributed by atoms with E-state index in [1.807, 2.05) is 41.8 Å². The topological polar surface area (TPSA) is 67.5 Å². The summed E-state index contributed by atoms with van der Waals surface area (Å²) in [5, 5.41) is 14.8. The summed E-state index contributed by atoms with van der Waals surface area (Å²) in [6.45, 7) is 0. The molecule has 0 aliphatic heterocycles. The molecule has 2 aromatic heterocycles. The van der Waals surface area contributed by atoms with E-state index in [0.717, 1.165) is 15.8 Å². The zero-order chi connectivity index (χ0) is 14.1. The highest BCUT2D eigenvalue weighted by atomic mass is 32.1. The van der Waals surface area contributed by atoms with Crippen LogP contribution in [0.25, 0.3) is 21.5 Å². The van der Waals surface area contributed by atoms with E-state index < -0.39 is 5.56 Å². The highest BCUT2D eigenvalue weighted by Gasteiger charge is 2.10. The molecule has 20 heavy (non-hydrogen) atoms. The Kier molecular flexibility index (Phi) is 3.08. The third kappa shape index (κ3) is 1.90. The van der Waals surface area contributed by atoms with Gasteiger partial charge in [0, 0.05) is 18.0 Å². The molecule has 0 aliphatic rings.